The molecule has 1 atom stereocenters. The Kier molecular flexibility index (Phi) is 5.18. The number of carbonyl (C=O) groups is 1. The standard InChI is InChI=1S/C20H21N7O/c1-14-11-18(25-17-6-2-3-7-23-17)26-19(24-14)15-5-4-10-27(13-15)20(28)16-12-21-8-9-22-16/h2-3,6-9,11-12,15H,4-5,10,13H2,1H3,(H,23,24,25,26). The first-order valence-corrected chi connectivity index (χ1v) is 9.28. The normalized spacial score (nSPS) is 16.6. The molecule has 8 nitrogen and oxygen atoms in total. The molecule has 28 heavy (non-hydrogen) atoms. The van der Waals surface area contributed by atoms with E-state index in [1.54, 1.807) is 12.4 Å². The molecular formula is C20H21N7O. The molecule has 3 aromatic rings. The van der Waals surface area contributed by atoms with E-state index in [4.69, 9.17) is 4.98 Å². The molecule has 1 fully saturated rings. The van der Waals surface area contributed by atoms with Crippen LogP contribution < -0.4 is 5.32 Å². The minimum Gasteiger partial charge on any atom is -0.337 e. The quantitative estimate of drug-likeness (QED) is 0.749. The largest absolute Gasteiger partial charge is 0.337 e. The Labute approximate surface area is 163 Å². The number of hydrogen-bond acceptors (Lipinski definition) is 7. The Bertz CT molecular complexity index is 949. The van der Waals surface area contributed by atoms with Crippen LogP contribution in [0.1, 0.15) is 40.8 Å². The van der Waals surface area contributed by atoms with Crippen LogP contribution in [-0.2, 0) is 0 Å². The summed E-state index contributed by atoms with van der Waals surface area (Å²) < 4.78 is 0. The summed E-state index contributed by atoms with van der Waals surface area (Å²) in [4.78, 5) is 36.2. The van der Waals surface area contributed by atoms with Crippen molar-refractivity contribution >= 4 is 17.5 Å². The summed E-state index contributed by atoms with van der Waals surface area (Å²) in [6, 6.07) is 7.57. The van der Waals surface area contributed by atoms with Crippen molar-refractivity contribution in [1.82, 2.24) is 29.8 Å². The zero-order chi connectivity index (χ0) is 19.3. The monoisotopic (exact) mass is 375 g/mol. The maximum Gasteiger partial charge on any atom is 0.274 e. The fraction of sp³-hybridized carbons (Fsp3) is 0.300. The molecule has 8 heteroatoms. The van der Waals surface area contributed by atoms with E-state index >= 15 is 0 Å². The third kappa shape index (κ3) is 4.11. The fourth-order valence-electron chi connectivity index (χ4n) is 3.35. The second kappa shape index (κ2) is 8.08. The molecule has 1 amide bonds. The fourth-order valence-corrected chi connectivity index (χ4v) is 3.35. The first-order chi connectivity index (χ1) is 13.7. The van der Waals surface area contributed by atoms with Gasteiger partial charge in [-0.1, -0.05) is 6.07 Å². The summed E-state index contributed by atoms with van der Waals surface area (Å²) in [5, 5.41) is 3.22. The summed E-state index contributed by atoms with van der Waals surface area (Å²) in [5.74, 6) is 2.17. The van der Waals surface area contributed by atoms with Crippen LogP contribution in [0.3, 0.4) is 0 Å². The van der Waals surface area contributed by atoms with Gasteiger partial charge in [-0.15, -0.1) is 0 Å². The van der Waals surface area contributed by atoms with E-state index in [1.165, 1.54) is 12.4 Å². The lowest BCUT2D eigenvalue weighted by atomic mass is 9.96. The zero-order valence-corrected chi connectivity index (χ0v) is 15.6. The molecule has 0 aromatic carbocycles. The highest BCUT2D eigenvalue weighted by Gasteiger charge is 2.28. The maximum absolute atomic E-state index is 12.7. The van der Waals surface area contributed by atoms with Gasteiger partial charge in [0.1, 0.15) is 23.2 Å². The van der Waals surface area contributed by atoms with E-state index in [0.717, 1.165) is 30.2 Å². The number of anilines is 2. The zero-order valence-electron chi connectivity index (χ0n) is 15.6. The van der Waals surface area contributed by atoms with Crippen molar-refractivity contribution in [1.29, 1.82) is 0 Å². The minimum atomic E-state index is -0.0997. The second-order valence-corrected chi connectivity index (χ2v) is 6.77. The number of nitrogens with one attached hydrogen (secondary N) is 1. The van der Waals surface area contributed by atoms with Gasteiger partial charge in [0.2, 0.25) is 0 Å². The van der Waals surface area contributed by atoms with Crippen LogP contribution in [0.2, 0.25) is 0 Å². The Morgan fingerprint density at radius 2 is 2.07 bits per heavy atom. The summed E-state index contributed by atoms with van der Waals surface area (Å²) in [6.07, 6.45) is 8.17. The summed E-state index contributed by atoms with van der Waals surface area (Å²) in [7, 11) is 0. The van der Waals surface area contributed by atoms with Crippen molar-refractivity contribution in [3.05, 3.63) is 66.3 Å². The van der Waals surface area contributed by atoms with Crippen molar-refractivity contribution in [3.63, 3.8) is 0 Å². The molecule has 0 bridgehead atoms. The molecule has 3 aromatic heterocycles. The molecule has 1 unspecified atom stereocenters. The third-order valence-electron chi connectivity index (χ3n) is 4.65. The van der Waals surface area contributed by atoms with Gasteiger partial charge in [0.25, 0.3) is 5.91 Å². The lowest BCUT2D eigenvalue weighted by molar-refractivity contribution is 0.0698. The van der Waals surface area contributed by atoms with Gasteiger partial charge >= 0.3 is 0 Å². The topological polar surface area (TPSA) is 96.8 Å². The molecule has 0 spiro atoms. The summed E-state index contributed by atoms with van der Waals surface area (Å²) >= 11 is 0. The number of piperidine rings is 1. The van der Waals surface area contributed by atoms with Crippen molar-refractivity contribution in [2.45, 2.75) is 25.7 Å². The second-order valence-electron chi connectivity index (χ2n) is 6.77. The van der Waals surface area contributed by atoms with E-state index in [1.807, 2.05) is 36.1 Å². The molecule has 142 valence electrons. The number of likely N-dealkylation sites (tertiary alicyclic amines) is 1. The molecule has 1 aliphatic rings. The van der Waals surface area contributed by atoms with Crippen LogP contribution in [0.25, 0.3) is 0 Å². The smallest absolute Gasteiger partial charge is 0.274 e. The van der Waals surface area contributed by atoms with Crippen LogP contribution in [-0.4, -0.2) is 48.8 Å². The number of amides is 1. The molecule has 4 heterocycles. The Morgan fingerprint density at radius 3 is 2.86 bits per heavy atom. The Hall–Kier alpha value is -3.42. The SMILES string of the molecule is Cc1cc(Nc2ccccn2)nc(C2CCCN(C(=O)c3cnccn3)C2)n1. The first-order valence-electron chi connectivity index (χ1n) is 9.28. The van der Waals surface area contributed by atoms with Crippen LogP contribution in [0.15, 0.2) is 49.1 Å². The van der Waals surface area contributed by atoms with Crippen molar-refractivity contribution < 1.29 is 4.79 Å². The van der Waals surface area contributed by atoms with E-state index in [2.05, 4.69) is 25.3 Å². The van der Waals surface area contributed by atoms with Gasteiger partial charge in [-0.2, -0.15) is 0 Å². The number of carbonyl (C=O) groups excluding carboxylic acids is 1. The summed E-state index contributed by atoms with van der Waals surface area (Å²) in [5.41, 5.74) is 1.24. The highest BCUT2D eigenvalue weighted by molar-refractivity contribution is 5.92. The van der Waals surface area contributed by atoms with E-state index in [0.29, 0.717) is 24.6 Å². The molecule has 0 aliphatic carbocycles. The number of pyridine rings is 1. The molecule has 1 N–H and O–H groups in total. The predicted molar refractivity (Wildman–Crippen MR) is 104 cm³/mol. The summed E-state index contributed by atoms with van der Waals surface area (Å²) in [6.45, 7) is 3.22. The maximum atomic E-state index is 12.7. The van der Waals surface area contributed by atoms with Crippen LogP contribution in [0, 0.1) is 6.92 Å². The van der Waals surface area contributed by atoms with E-state index in [9.17, 15) is 4.79 Å². The lowest BCUT2D eigenvalue weighted by Gasteiger charge is -2.32. The third-order valence-corrected chi connectivity index (χ3v) is 4.65. The average Bonchev–Trinajstić information content (AvgIpc) is 2.74. The van der Waals surface area contributed by atoms with Crippen LogP contribution >= 0.6 is 0 Å². The van der Waals surface area contributed by atoms with Gasteiger partial charge in [0.05, 0.1) is 6.20 Å². The van der Waals surface area contributed by atoms with E-state index in [-0.39, 0.29) is 11.8 Å². The number of hydrogen-bond donors (Lipinski definition) is 1. The number of aryl methyl sites for hydroxylation is 1. The van der Waals surface area contributed by atoms with Crippen LogP contribution in [0.5, 0.6) is 0 Å². The first kappa shape index (κ1) is 18.0. The molecular weight excluding hydrogens is 354 g/mol. The Balaban J connectivity index is 1.52. The highest BCUT2D eigenvalue weighted by Crippen LogP contribution is 2.27. The Morgan fingerprint density at radius 1 is 1.14 bits per heavy atom. The average molecular weight is 375 g/mol. The van der Waals surface area contributed by atoms with Crippen molar-refractivity contribution in [3.8, 4) is 0 Å². The van der Waals surface area contributed by atoms with Gasteiger partial charge < -0.3 is 10.2 Å². The molecule has 0 saturated carbocycles. The van der Waals surface area contributed by atoms with Gasteiger partial charge in [0.15, 0.2) is 0 Å². The minimum absolute atomic E-state index is 0.0820. The van der Waals surface area contributed by atoms with Gasteiger partial charge in [0, 0.05) is 49.4 Å². The van der Waals surface area contributed by atoms with Crippen molar-refractivity contribution in [2.24, 2.45) is 0 Å². The molecule has 1 saturated heterocycles. The highest BCUT2D eigenvalue weighted by atomic mass is 16.2. The van der Waals surface area contributed by atoms with E-state index < -0.39 is 0 Å². The lowest BCUT2D eigenvalue weighted by Crippen LogP contribution is -2.40. The number of aromatic nitrogens is 5. The number of nitrogens with zero attached hydrogens (tertiary/aromatic N) is 6. The van der Waals surface area contributed by atoms with Crippen molar-refractivity contribution in [2.75, 3.05) is 18.4 Å². The van der Waals surface area contributed by atoms with Gasteiger partial charge in [-0.05, 0) is 31.9 Å². The predicted octanol–water partition coefficient (Wildman–Crippen LogP) is 2.73. The molecule has 0 radical (unpaired) electrons. The molecule has 4 rings (SSSR count). The van der Waals surface area contributed by atoms with Gasteiger partial charge in [-0.3, -0.25) is 9.78 Å². The van der Waals surface area contributed by atoms with Gasteiger partial charge in [-0.25, -0.2) is 19.9 Å². The number of rotatable bonds is 4. The van der Waals surface area contributed by atoms with Crippen LogP contribution in [0.4, 0.5) is 11.6 Å². The molecule has 1 aliphatic heterocycles.